The standard InChI is InChI=1S/C7H12N4O/c1-11-6(12)10-5(8)7(11)2-3-9-4-7/h9H,2-4H2,1H3,(H2,8,10,12). The van der Waals surface area contributed by atoms with Gasteiger partial charge in [0.1, 0.15) is 11.4 Å². The van der Waals surface area contributed by atoms with Crippen molar-refractivity contribution >= 4 is 11.9 Å². The van der Waals surface area contributed by atoms with E-state index in [1.54, 1.807) is 11.9 Å². The van der Waals surface area contributed by atoms with Crippen LogP contribution in [0.4, 0.5) is 4.79 Å². The van der Waals surface area contributed by atoms with Gasteiger partial charge in [0.15, 0.2) is 0 Å². The Morgan fingerprint density at radius 2 is 2.50 bits per heavy atom. The molecule has 2 amide bonds. The topological polar surface area (TPSA) is 70.7 Å². The summed E-state index contributed by atoms with van der Waals surface area (Å²) in [6.07, 6.45) is 0.866. The Hall–Kier alpha value is -1.10. The van der Waals surface area contributed by atoms with Crippen molar-refractivity contribution in [1.82, 2.24) is 10.2 Å². The Labute approximate surface area is 70.6 Å². The van der Waals surface area contributed by atoms with E-state index >= 15 is 0 Å². The number of rotatable bonds is 0. The van der Waals surface area contributed by atoms with Crippen molar-refractivity contribution in [3.8, 4) is 0 Å². The van der Waals surface area contributed by atoms with Crippen molar-refractivity contribution < 1.29 is 4.79 Å². The van der Waals surface area contributed by atoms with Crippen LogP contribution in [0.25, 0.3) is 0 Å². The van der Waals surface area contributed by atoms with Gasteiger partial charge in [-0.05, 0) is 13.0 Å². The molecule has 0 saturated carbocycles. The van der Waals surface area contributed by atoms with E-state index in [9.17, 15) is 4.79 Å². The fourth-order valence-corrected chi connectivity index (χ4v) is 1.82. The van der Waals surface area contributed by atoms with Crippen molar-refractivity contribution in [1.29, 1.82) is 0 Å². The number of nitrogens with two attached hydrogens (primary N) is 1. The van der Waals surface area contributed by atoms with Gasteiger partial charge in [0, 0.05) is 13.6 Å². The van der Waals surface area contributed by atoms with Crippen molar-refractivity contribution in [2.24, 2.45) is 10.7 Å². The largest absolute Gasteiger partial charge is 0.385 e. The summed E-state index contributed by atoms with van der Waals surface area (Å²) >= 11 is 0. The highest BCUT2D eigenvalue weighted by Gasteiger charge is 2.48. The van der Waals surface area contributed by atoms with Crippen LogP contribution >= 0.6 is 0 Å². The molecule has 1 fully saturated rings. The number of carbonyl (C=O) groups is 1. The van der Waals surface area contributed by atoms with Gasteiger partial charge >= 0.3 is 6.03 Å². The van der Waals surface area contributed by atoms with Crippen LogP contribution in [0.3, 0.4) is 0 Å². The first-order valence-corrected chi connectivity index (χ1v) is 4.00. The third kappa shape index (κ3) is 0.714. The van der Waals surface area contributed by atoms with Crippen LogP contribution in [0, 0.1) is 0 Å². The van der Waals surface area contributed by atoms with Crippen molar-refractivity contribution in [2.45, 2.75) is 12.0 Å². The number of amides is 2. The molecule has 0 radical (unpaired) electrons. The van der Waals surface area contributed by atoms with Crippen LogP contribution in [0.2, 0.25) is 0 Å². The Morgan fingerprint density at radius 1 is 1.75 bits per heavy atom. The molecule has 1 unspecified atom stereocenters. The second kappa shape index (κ2) is 2.20. The zero-order chi connectivity index (χ0) is 8.77. The first kappa shape index (κ1) is 7.54. The van der Waals surface area contributed by atoms with E-state index in [0.717, 1.165) is 19.5 Å². The van der Waals surface area contributed by atoms with Gasteiger partial charge in [-0.3, -0.25) is 0 Å². The molecule has 2 aliphatic heterocycles. The molecule has 5 nitrogen and oxygen atoms in total. The number of amidine groups is 1. The molecule has 1 saturated heterocycles. The van der Waals surface area contributed by atoms with Gasteiger partial charge < -0.3 is 16.0 Å². The Bertz CT molecular complexity index is 254. The molecular weight excluding hydrogens is 156 g/mol. The molecule has 66 valence electrons. The van der Waals surface area contributed by atoms with Crippen LogP contribution in [0.1, 0.15) is 6.42 Å². The van der Waals surface area contributed by atoms with Gasteiger partial charge in [0.25, 0.3) is 0 Å². The van der Waals surface area contributed by atoms with Gasteiger partial charge in [0.05, 0.1) is 0 Å². The van der Waals surface area contributed by atoms with E-state index in [0.29, 0.717) is 5.84 Å². The van der Waals surface area contributed by atoms with E-state index in [1.165, 1.54) is 0 Å². The lowest BCUT2D eigenvalue weighted by Gasteiger charge is -2.30. The number of aliphatic imine (C=N–C) groups is 1. The van der Waals surface area contributed by atoms with Crippen LogP contribution in [0.15, 0.2) is 4.99 Å². The Morgan fingerprint density at radius 3 is 2.92 bits per heavy atom. The number of nitrogens with one attached hydrogen (secondary N) is 1. The smallest absolute Gasteiger partial charge is 0.345 e. The molecule has 0 bridgehead atoms. The van der Waals surface area contributed by atoms with E-state index in [-0.39, 0.29) is 11.6 Å². The first-order chi connectivity index (χ1) is 5.67. The molecule has 2 rings (SSSR count). The molecule has 2 aliphatic rings. The zero-order valence-electron chi connectivity index (χ0n) is 7.00. The molecule has 1 atom stereocenters. The average molecular weight is 168 g/mol. The summed E-state index contributed by atoms with van der Waals surface area (Å²) in [5.41, 5.74) is 5.38. The Balaban J connectivity index is 2.36. The molecule has 0 aromatic heterocycles. The van der Waals surface area contributed by atoms with Gasteiger partial charge in [0.2, 0.25) is 0 Å². The number of hydrogen-bond acceptors (Lipinski definition) is 3. The SMILES string of the molecule is CN1C(=O)N=C(N)C12CCNC2. The number of likely N-dealkylation sites (N-methyl/N-ethyl adjacent to an activating group) is 1. The van der Waals surface area contributed by atoms with Crippen molar-refractivity contribution in [3.05, 3.63) is 0 Å². The zero-order valence-corrected chi connectivity index (χ0v) is 7.00. The maximum absolute atomic E-state index is 11.2. The van der Waals surface area contributed by atoms with E-state index in [1.807, 2.05) is 0 Å². The van der Waals surface area contributed by atoms with Gasteiger partial charge in [-0.1, -0.05) is 0 Å². The monoisotopic (exact) mass is 168 g/mol. The number of carbonyl (C=O) groups excluding carboxylic acids is 1. The third-order valence-electron chi connectivity index (χ3n) is 2.75. The highest BCUT2D eigenvalue weighted by molar-refractivity contribution is 6.06. The van der Waals surface area contributed by atoms with Gasteiger partial charge in [-0.15, -0.1) is 0 Å². The van der Waals surface area contributed by atoms with Gasteiger partial charge in [-0.2, -0.15) is 4.99 Å². The predicted octanol–water partition coefficient (Wildman–Crippen LogP) is -0.859. The third-order valence-corrected chi connectivity index (χ3v) is 2.75. The Kier molecular flexibility index (Phi) is 1.38. The molecule has 5 heteroatoms. The predicted molar refractivity (Wildman–Crippen MR) is 45.0 cm³/mol. The second-order valence-electron chi connectivity index (χ2n) is 3.30. The maximum atomic E-state index is 11.2. The molecule has 3 N–H and O–H groups in total. The summed E-state index contributed by atoms with van der Waals surface area (Å²) in [6, 6.07) is -0.226. The minimum absolute atomic E-state index is 0.226. The quantitative estimate of drug-likeness (QED) is 0.494. The van der Waals surface area contributed by atoms with E-state index in [2.05, 4.69) is 10.3 Å². The molecule has 0 aromatic carbocycles. The highest BCUT2D eigenvalue weighted by atomic mass is 16.2. The van der Waals surface area contributed by atoms with Crippen LogP contribution in [0.5, 0.6) is 0 Å². The molecular formula is C7H12N4O. The highest BCUT2D eigenvalue weighted by Crippen LogP contribution is 2.27. The van der Waals surface area contributed by atoms with Crippen molar-refractivity contribution in [2.75, 3.05) is 20.1 Å². The minimum atomic E-state index is -0.322. The summed E-state index contributed by atoms with van der Waals surface area (Å²) in [6.45, 7) is 1.62. The van der Waals surface area contributed by atoms with Crippen molar-refractivity contribution in [3.63, 3.8) is 0 Å². The number of hydrogen-bond donors (Lipinski definition) is 2. The lowest BCUT2D eigenvalue weighted by molar-refractivity contribution is 0.197. The fourth-order valence-electron chi connectivity index (χ4n) is 1.82. The van der Waals surface area contributed by atoms with Gasteiger partial charge in [-0.25, -0.2) is 4.79 Å². The molecule has 12 heavy (non-hydrogen) atoms. The number of nitrogens with zero attached hydrogens (tertiary/aromatic N) is 2. The number of urea groups is 1. The molecule has 2 heterocycles. The summed E-state index contributed by atoms with van der Waals surface area (Å²) < 4.78 is 0. The summed E-state index contributed by atoms with van der Waals surface area (Å²) in [5, 5.41) is 3.18. The van der Waals surface area contributed by atoms with Crippen LogP contribution < -0.4 is 11.1 Å². The molecule has 1 spiro atoms. The van der Waals surface area contributed by atoms with E-state index < -0.39 is 0 Å². The first-order valence-electron chi connectivity index (χ1n) is 4.00. The van der Waals surface area contributed by atoms with Crippen LogP contribution in [-0.2, 0) is 0 Å². The maximum Gasteiger partial charge on any atom is 0.345 e. The summed E-state index contributed by atoms with van der Waals surface area (Å²) in [7, 11) is 1.75. The van der Waals surface area contributed by atoms with E-state index in [4.69, 9.17) is 5.73 Å². The fraction of sp³-hybridized carbons (Fsp3) is 0.714. The lowest BCUT2D eigenvalue weighted by atomic mass is 9.97. The average Bonchev–Trinajstić information content (AvgIpc) is 2.57. The molecule has 0 aliphatic carbocycles. The lowest BCUT2D eigenvalue weighted by Crippen LogP contribution is -2.53. The second-order valence-corrected chi connectivity index (χ2v) is 3.30. The normalized spacial score (nSPS) is 34.9. The summed E-state index contributed by atoms with van der Waals surface area (Å²) in [5.74, 6) is 0.458. The molecule has 0 aromatic rings. The van der Waals surface area contributed by atoms with Crippen LogP contribution in [-0.4, -0.2) is 42.4 Å². The minimum Gasteiger partial charge on any atom is -0.385 e. The summed E-state index contributed by atoms with van der Waals surface area (Å²) in [4.78, 5) is 16.6.